The van der Waals surface area contributed by atoms with Crippen molar-refractivity contribution in [2.24, 2.45) is 0 Å². The minimum atomic E-state index is -0.222. The summed E-state index contributed by atoms with van der Waals surface area (Å²) in [4.78, 5) is 11.6. The Balaban J connectivity index is 2.71. The number of hydrogen-bond acceptors (Lipinski definition) is 3. The summed E-state index contributed by atoms with van der Waals surface area (Å²) in [5.74, 6) is 0.395. The van der Waals surface area contributed by atoms with Crippen molar-refractivity contribution < 1.29 is 14.3 Å². The van der Waals surface area contributed by atoms with Gasteiger partial charge in [0.1, 0.15) is 12.4 Å². The van der Waals surface area contributed by atoms with Crippen molar-refractivity contribution in [2.75, 3.05) is 25.1 Å². The van der Waals surface area contributed by atoms with Crippen molar-refractivity contribution in [1.82, 2.24) is 0 Å². The lowest BCUT2D eigenvalue weighted by atomic mass is 10.3. The average Bonchev–Trinajstić information content (AvgIpc) is 2.35. The molecule has 100 valence electrons. The van der Waals surface area contributed by atoms with E-state index < -0.39 is 0 Å². The van der Waals surface area contributed by atoms with E-state index in [1.807, 2.05) is 13.8 Å². The van der Waals surface area contributed by atoms with Gasteiger partial charge in [0.25, 0.3) is 0 Å². The highest BCUT2D eigenvalue weighted by molar-refractivity contribution is 6.31. The molecule has 0 aromatic heterocycles. The van der Waals surface area contributed by atoms with Gasteiger partial charge >= 0.3 is 0 Å². The second kappa shape index (κ2) is 7.95. The molecule has 0 saturated heterocycles. The zero-order chi connectivity index (χ0) is 13.4. The van der Waals surface area contributed by atoms with E-state index in [0.717, 1.165) is 6.42 Å². The number of amides is 1. The van der Waals surface area contributed by atoms with E-state index in [2.05, 4.69) is 5.32 Å². The van der Waals surface area contributed by atoms with E-state index in [1.165, 1.54) is 0 Å². The first-order chi connectivity index (χ1) is 8.67. The fraction of sp³-hybridized carbons (Fsp3) is 0.462. The summed E-state index contributed by atoms with van der Waals surface area (Å²) in [6, 6.07) is 5.13. The minimum absolute atomic E-state index is 0.0240. The van der Waals surface area contributed by atoms with Gasteiger partial charge in [-0.25, -0.2) is 0 Å². The molecule has 1 N–H and O–H groups in total. The summed E-state index contributed by atoms with van der Waals surface area (Å²) in [7, 11) is 0. The van der Waals surface area contributed by atoms with Crippen molar-refractivity contribution in [3.05, 3.63) is 23.2 Å². The van der Waals surface area contributed by atoms with Crippen LogP contribution < -0.4 is 10.1 Å². The highest BCUT2D eigenvalue weighted by atomic mass is 35.5. The molecule has 0 bridgehead atoms. The number of benzene rings is 1. The van der Waals surface area contributed by atoms with E-state index in [1.54, 1.807) is 18.2 Å². The zero-order valence-corrected chi connectivity index (χ0v) is 11.4. The van der Waals surface area contributed by atoms with E-state index in [9.17, 15) is 4.79 Å². The number of halogens is 1. The number of rotatable bonds is 7. The first-order valence-electron chi connectivity index (χ1n) is 5.97. The molecule has 0 radical (unpaired) electrons. The summed E-state index contributed by atoms with van der Waals surface area (Å²) in [5, 5.41) is 3.27. The summed E-state index contributed by atoms with van der Waals surface area (Å²) in [5.41, 5.74) is 0.570. The van der Waals surface area contributed by atoms with Gasteiger partial charge in [-0.15, -0.1) is 0 Å². The molecular formula is C13H18ClNO3. The summed E-state index contributed by atoms with van der Waals surface area (Å²) in [6.45, 7) is 4.97. The normalized spacial score (nSPS) is 10.2. The van der Waals surface area contributed by atoms with Crippen molar-refractivity contribution in [2.45, 2.75) is 20.3 Å². The predicted molar refractivity (Wildman–Crippen MR) is 72.4 cm³/mol. The largest absolute Gasteiger partial charge is 0.491 e. The number of ether oxygens (including phenoxy) is 2. The summed E-state index contributed by atoms with van der Waals surface area (Å²) < 4.78 is 10.6. The smallest absolute Gasteiger partial charge is 0.250 e. The van der Waals surface area contributed by atoms with Crippen molar-refractivity contribution in [3.8, 4) is 5.75 Å². The Morgan fingerprint density at radius 2 is 2.17 bits per heavy atom. The molecular weight excluding hydrogens is 254 g/mol. The molecule has 0 fully saturated rings. The molecule has 0 aliphatic carbocycles. The van der Waals surface area contributed by atoms with Gasteiger partial charge in [-0.05, 0) is 31.5 Å². The Bertz CT molecular complexity index is 396. The molecule has 0 aliphatic rings. The Morgan fingerprint density at radius 1 is 1.39 bits per heavy atom. The molecule has 0 atom stereocenters. The van der Waals surface area contributed by atoms with Gasteiger partial charge in [-0.2, -0.15) is 0 Å². The quantitative estimate of drug-likeness (QED) is 0.829. The van der Waals surface area contributed by atoms with Crippen LogP contribution in [0.1, 0.15) is 20.3 Å². The lowest BCUT2D eigenvalue weighted by Crippen LogP contribution is -2.18. The van der Waals surface area contributed by atoms with Gasteiger partial charge in [-0.3, -0.25) is 4.79 Å². The Morgan fingerprint density at radius 3 is 2.83 bits per heavy atom. The molecule has 0 heterocycles. The van der Waals surface area contributed by atoms with Gasteiger partial charge in [0.15, 0.2) is 0 Å². The van der Waals surface area contributed by atoms with Crippen LogP contribution in [-0.4, -0.2) is 25.7 Å². The van der Waals surface area contributed by atoms with Crippen LogP contribution in [0.2, 0.25) is 5.02 Å². The molecule has 1 amide bonds. The van der Waals surface area contributed by atoms with Crippen LogP contribution in [0, 0.1) is 0 Å². The van der Waals surface area contributed by atoms with Crippen LogP contribution in [0.25, 0.3) is 0 Å². The van der Waals surface area contributed by atoms with Crippen LogP contribution in [0.3, 0.4) is 0 Å². The van der Waals surface area contributed by atoms with E-state index >= 15 is 0 Å². The molecule has 5 heteroatoms. The molecule has 1 rings (SSSR count). The second-order valence-corrected chi connectivity index (χ2v) is 4.11. The van der Waals surface area contributed by atoms with Crippen molar-refractivity contribution >= 4 is 23.2 Å². The number of nitrogens with one attached hydrogen (secondary N) is 1. The fourth-order valence-electron chi connectivity index (χ4n) is 1.32. The maximum Gasteiger partial charge on any atom is 0.250 e. The molecule has 0 spiro atoms. The van der Waals surface area contributed by atoms with E-state index in [4.69, 9.17) is 21.1 Å². The fourth-order valence-corrected chi connectivity index (χ4v) is 1.49. The second-order valence-electron chi connectivity index (χ2n) is 3.67. The Labute approximate surface area is 112 Å². The van der Waals surface area contributed by atoms with Crippen molar-refractivity contribution in [3.63, 3.8) is 0 Å². The third kappa shape index (κ3) is 4.94. The lowest BCUT2D eigenvalue weighted by Gasteiger charge is -2.12. The van der Waals surface area contributed by atoms with Crippen LogP contribution in [0.4, 0.5) is 5.69 Å². The first-order valence-corrected chi connectivity index (χ1v) is 6.35. The highest BCUT2D eigenvalue weighted by Gasteiger charge is 2.08. The van der Waals surface area contributed by atoms with Crippen LogP contribution in [0.5, 0.6) is 5.75 Å². The van der Waals surface area contributed by atoms with E-state index in [0.29, 0.717) is 29.7 Å². The Hall–Kier alpha value is -1.26. The van der Waals surface area contributed by atoms with Crippen LogP contribution in [-0.2, 0) is 9.53 Å². The van der Waals surface area contributed by atoms with Crippen LogP contribution in [0.15, 0.2) is 18.2 Å². The monoisotopic (exact) mass is 271 g/mol. The SMILES string of the molecule is CCCOc1ccc(Cl)cc1NC(=O)COCC. The molecule has 0 aliphatic heterocycles. The van der Waals surface area contributed by atoms with Gasteiger partial charge < -0.3 is 14.8 Å². The van der Waals surface area contributed by atoms with E-state index in [-0.39, 0.29) is 12.5 Å². The highest BCUT2D eigenvalue weighted by Crippen LogP contribution is 2.28. The topological polar surface area (TPSA) is 47.6 Å². The number of anilines is 1. The lowest BCUT2D eigenvalue weighted by molar-refractivity contribution is -0.120. The van der Waals surface area contributed by atoms with Crippen molar-refractivity contribution in [1.29, 1.82) is 0 Å². The first kappa shape index (κ1) is 14.8. The maximum atomic E-state index is 11.6. The third-order valence-electron chi connectivity index (χ3n) is 2.11. The maximum absolute atomic E-state index is 11.6. The molecule has 18 heavy (non-hydrogen) atoms. The summed E-state index contributed by atoms with van der Waals surface area (Å²) >= 11 is 5.90. The molecule has 0 saturated carbocycles. The average molecular weight is 272 g/mol. The third-order valence-corrected chi connectivity index (χ3v) is 2.35. The Kier molecular flexibility index (Phi) is 6.54. The number of carbonyl (C=O) groups is 1. The minimum Gasteiger partial charge on any atom is -0.491 e. The summed E-state index contributed by atoms with van der Waals surface area (Å²) in [6.07, 6.45) is 0.898. The van der Waals surface area contributed by atoms with Crippen LogP contribution >= 0.6 is 11.6 Å². The standard InChI is InChI=1S/C13H18ClNO3/c1-3-7-18-12-6-5-10(14)8-11(12)15-13(16)9-17-4-2/h5-6,8H,3-4,7,9H2,1-2H3,(H,15,16). The van der Waals surface area contributed by atoms with Gasteiger partial charge in [0.05, 0.1) is 12.3 Å². The number of carbonyl (C=O) groups excluding carboxylic acids is 1. The van der Waals surface area contributed by atoms with Gasteiger partial charge in [-0.1, -0.05) is 18.5 Å². The molecule has 1 aromatic carbocycles. The molecule has 4 nitrogen and oxygen atoms in total. The number of hydrogen-bond donors (Lipinski definition) is 1. The molecule has 1 aromatic rings. The predicted octanol–water partition coefficient (Wildman–Crippen LogP) is 3.10. The van der Waals surface area contributed by atoms with Gasteiger partial charge in [0.2, 0.25) is 5.91 Å². The molecule has 0 unspecified atom stereocenters. The zero-order valence-electron chi connectivity index (χ0n) is 10.7. The van der Waals surface area contributed by atoms with Gasteiger partial charge in [0, 0.05) is 11.6 Å².